The van der Waals surface area contributed by atoms with Crippen LogP contribution in [0.4, 0.5) is 33.6 Å². The fraction of sp³-hybridized carbons (Fsp3) is 0.333. The number of halogens is 7. The minimum absolute atomic E-state index is 0.0559. The second-order valence-electron chi connectivity index (χ2n) is 9.56. The summed E-state index contributed by atoms with van der Waals surface area (Å²) in [6.07, 6.45) is -6.99. The van der Waals surface area contributed by atoms with Crippen LogP contribution in [0.1, 0.15) is 12.5 Å². The quantitative estimate of drug-likeness (QED) is 0.179. The normalized spacial score (nSPS) is 14.6. The zero-order valence-corrected chi connectivity index (χ0v) is 27.2. The van der Waals surface area contributed by atoms with E-state index >= 15 is 0 Å². The molecular weight excluding hydrogens is 718 g/mol. The van der Waals surface area contributed by atoms with Crippen molar-refractivity contribution >= 4 is 56.4 Å². The number of para-hydroxylation sites is 2. The highest BCUT2D eigenvalue weighted by Crippen LogP contribution is 2.40. The number of carbonyl (C=O) groups excluding carboxylic acids is 1. The number of alkyl halides is 7. The SMILES string of the molecule is CC1COc2ccccc2N1C(=O)C(Cl)Cl.COc1cnc(OC)n2nc(NS(=O)(=O)c3c(OCC(F)F)cccc3C(F)(F)F)nc12. The summed E-state index contributed by atoms with van der Waals surface area (Å²) in [7, 11) is -2.56. The number of rotatable bonds is 9. The number of nitrogens with one attached hydrogen (secondary N) is 1. The molecule has 48 heavy (non-hydrogen) atoms. The van der Waals surface area contributed by atoms with E-state index in [2.05, 4.69) is 19.8 Å². The molecule has 260 valence electrons. The van der Waals surface area contributed by atoms with Crippen LogP contribution >= 0.6 is 23.2 Å². The second-order valence-corrected chi connectivity index (χ2v) is 12.3. The number of nitrogens with zero attached hydrogens (tertiary/aromatic N) is 5. The Morgan fingerprint density at radius 1 is 1.10 bits per heavy atom. The van der Waals surface area contributed by atoms with Crippen molar-refractivity contribution in [3.8, 4) is 23.3 Å². The molecule has 0 bridgehead atoms. The van der Waals surface area contributed by atoms with Crippen LogP contribution in [0.2, 0.25) is 0 Å². The van der Waals surface area contributed by atoms with Gasteiger partial charge in [-0.3, -0.25) is 4.79 Å². The molecule has 0 saturated heterocycles. The summed E-state index contributed by atoms with van der Waals surface area (Å²) in [5.41, 5.74) is -0.967. The van der Waals surface area contributed by atoms with E-state index in [1.54, 1.807) is 9.62 Å². The van der Waals surface area contributed by atoms with Gasteiger partial charge in [-0.1, -0.05) is 41.4 Å². The van der Waals surface area contributed by atoms with Crippen molar-refractivity contribution in [2.24, 2.45) is 0 Å². The summed E-state index contributed by atoms with van der Waals surface area (Å²) in [5, 5.41) is 3.80. The molecule has 0 spiro atoms. The number of benzene rings is 2. The van der Waals surface area contributed by atoms with Crippen LogP contribution in [0.25, 0.3) is 5.65 Å². The Morgan fingerprint density at radius 3 is 2.44 bits per heavy atom. The van der Waals surface area contributed by atoms with Crippen LogP contribution in [-0.4, -0.2) is 78.6 Å². The third-order valence-electron chi connectivity index (χ3n) is 6.32. The molecule has 1 aliphatic rings. The Bertz CT molecular complexity index is 1840. The first kappa shape index (κ1) is 36.5. The van der Waals surface area contributed by atoms with E-state index in [1.165, 1.54) is 20.4 Å². The smallest absolute Gasteiger partial charge is 0.417 e. The number of anilines is 2. The number of amides is 1. The summed E-state index contributed by atoms with van der Waals surface area (Å²) in [6.45, 7) is 1.02. The van der Waals surface area contributed by atoms with Gasteiger partial charge in [-0.15, -0.1) is 5.10 Å². The highest BCUT2D eigenvalue weighted by atomic mass is 35.5. The zero-order valence-electron chi connectivity index (χ0n) is 24.9. The van der Waals surface area contributed by atoms with Crippen LogP contribution < -0.4 is 28.6 Å². The minimum Gasteiger partial charge on any atom is -0.491 e. The lowest BCUT2D eigenvalue weighted by Gasteiger charge is -2.35. The number of hydrogen-bond acceptors (Lipinski definition) is 10. The highest BCUT2D eigenvalue weighted by molar-refractivity contribution is 7.92. The van der Waals surface area contributed by atoms with Crippen LogP contribution in [-0.2, 0) is 21.0 Å². The molecule has 2 aromatic heterocycles. The standard InChI is InChI=1S/C16H14F5N5O5S.C11H11Cl2NO2/c1-29-10-6-22-15(30-2)26-13(10)23-14(24-26)25-32(27,28)12-8(16(19,20)21)4-3-5-9(12)31-7-11(17)18;1-7-6-16-9-5-3-2-4-8(9)14(7)11(15)10(12)13/h3-6,11H,7H2,1-2H3,(H,24,25);2-5,7,10H,6H2,1H3. The van der Waals surface area contributed by atoms with Gasteiger partial charge in [0.1, 0.15) is 29.6 Å². The Balaban J connectivity index is 0.000000271. The molecule has 1 amide bonds. The lowest BCUT2D eigenvalue weighted by molar-refractivity contribution is -0.140. The van der Waals surface area contributed by atoms with Gasteiger partial charge in [-0.2, -0.15) is 27.7 Å². The molecule has 1 aliphatic heterocycles. The molecule has 1 N–H and O–H groups in total. The lowest BCUT2D eigenvalue weighted by atomic mass is 10.1. The predicted octanol–water partition coefficient (Wildman–Crippen LogP) is 5.21. The first-order valence-electron chi connectivity index (χ1n) is 13.4. The van der Waals surface area contributed by atoms with Gasteiger partial charge in [0.05, 0.1) is 37.7 Å². The Labute approximate surface area is 279 Å². The number of carbonyl (C=O) groups is 1. The molecule has 4 aromatic rings. The van der Waals surface area contributed by atoms with Crippen molar-refractivity contribution in [3.63, 3.8) is 0 Å². The number of ether oxygens (including phenoxy) is 4. The average molecular weight is 743 g/mol. The summed E-state index contributed by atoms with van der Waals surface area (Å²) in [5.74, 6) is -1.16. The van der Waals surface area contributed by atoms with E-state index in [0.717, 1.165) is 22.3 Å². The van der Waals surface area contributed by atoms with E-state index in [9.17, 15) is 35.2 Å². The van der Waals surface area contributed by atoms with E-state index < -0.39 is 56.2 Å². The van der Waals surface area contributed by atoms with Gasteiger partial charge in [0, 0.05) is 0 Å². The van der Waals surface area contributed by atoms with Gasteiger partial charge in [0.15, 0.2) is 10.6 Å². The van der Waals surface area contributed by atoms with Crippen molar-refractivity contribution in [3.05, 3.63) is 54.2 Å². The first-order chi connectivity index (χ1) is 22.6. The third-order valence-corrected chi connectivity index (χ3v) is 8.10. The van der Waals surface area contributed by atoms with E-state index in [0.29, 0.717) is 18.4 Å². The number of fused-ring (bicyclic) bond motifs is 2. The van der Waals surface area contributed by atoms with Crippen molar-refractivity contribution in [2.45, 2.75) is 35.3 Å². The maximum absolute atomic E-state index is 13.5. The average Bonchev–Trinajstić information content (AvgIpc) is 3.45. The number of sulfonamides is 1. The highest BCUT2D eigenvalue weighted by Gasteiger charge is 2.40. The van der Waals surface area contributed by atoms with Crippen LogP contribution in [0.5, 0.6) is 23.3 Å². The molecule has 0 aliphatic carbocycles. The summed E-state index contributed by atoms with van der Waals surface area (Å²) < 4.78 is 114. The maximum atomic E-state index is 13.5. The van der Waals surface area contributed by atoms with Gasteiger partial charge < -0.3 is 23.8 Å². The molecule has 13 nitrogen and oxygen atoms in total. The third kappa shape index (κ3) is 8.01. The molecule has 0 fully saturated rings. The van der Waals surface area contributed by atoms with Gasteiger partial charge in [-0.05, 0) is 31.2 Å². The lowest BCUT2D eigenvalue weighted by Crippen LogP contribution is -2.47. The van der Waals surface area contributed by atoms with E-state index in [1.807, 2.05) is 31.2 Å². The molecule has 0 saturated carbocycles. The van der Waals surface area contributed by atoms with Gasteiger partial charge in [0.2, 0.25) is 5.65 Å². The number of aromatic nitrogens is 4. The fourth-order valence-electron chi connectivity index (χ4n) is 4.35. The minimum atomic E-state index is -5.14. The molecule has 1 unspecified atom stereocenters. The molecule has 2 aromatic carbocycles. The van der Waals surface area contributed by atoms with Crippen molar-refractivity contribution in [1.82, 2.24) is 19.6 Å². The van der Waals surface area contributed by atoms with Crippen molar-refractivity contribution < 1.29 is 54.1 Å². The molecule has 5 rings (SSSR count). The molecule has 3 heterocycles. The largest absolute Gasteiger partial charge is 0.491 e. The fourth-order valence-corrected chi connectivity index (χ4v) is 5.86. The second kappa shape index (κ2) is 14.8. The predicted molar refractivity (Wildman–Crippen MR) is 162 cm³/mol. The number of hydrogen-bond donors (Lipinski definition) is 1. The number of methoxy groups -OCH3 is 2. The summed E-state index contributed by atoms with van der Waals surface area (Å²) in [6, 6.07) is 9.26. The van der Waals surface area contributed by atoms with Crippen LogP contribution in [0, 0.1) is 0 Å². The molecule has 1 atom stereocenters. The van der Waals surface area contributed by atoms with Gasteiger partial charge in [0.25, 0.3) is 28.3 Å². The summed E-state index contributed by atoms with van der Waals surface area (Å²) in [4.78, 5) is 18.8. The first-order valence-corrected chi connectivity index (χ1v) is 15.7. The summed E-state index contributed by atoms with van der Waals surface area (Å²) >= 11 is 11.3. The Kier molecular flexibility index (Phi) is 11.3. The van der Waals surface area contributed by atoms with Crippen molar-refractivity contribution in [1.29, 1.82) is 0 Å². The molecular formula is C27H25Cl2F5N6O7S. The topological polar surface area (TPSA) is 146 Å². The van der Waals surface area contributed by atoms with Crippen molar-refractivity contribution in [2.75, 3.05) is 37.1 Å². The van der Waals surface area contributed by atoms with Gasteiger partial charge in [-0.25, -0.2) is 21.9 Å². The van der Waals surface area contributed by atoms with Crippen LogP contribution in [0.3, 0.4) is 0 Å². The van der Waals surface area contributed by atoms with Crippen LogP contribution in [0.15, 0.2) is 53.6 Å². The molecule has 21 heteroatoms. The van der Waals surface area contributed by atoms with E-state index in [4.69, 9.17) is 37.4 Å². The monoisotopic (exact) mass is 742 g/mol. The van der Waals surface area contributed by atoms with E-state index in [-0.39, 0.29) is 29.4 Å². The maximum Gasteiger partial charge on any atom is 0.417 e. The molecule has 0 radical (unpaired) electrons. The Hall–Kier alpha value is -4.36. The van der Waals surface area contributed by atoms with Gasteiger partial charge >= 0.3 is 12.2 Å². The Morgan fingerprint density at radius 2 is 1.81 bits per heavy atom. The zero-order chi connectivity index (χ0) is 35.4.